The maximum Gasteiger partial charge on any atom is 0.215 e. The molecule has 2 aromatic rings. The number of fused-ring (bicyclic) bond motifs is 1. The third-order valence-electron chi connectivity index (χ3n) is 3.91. The quantitative estimate of drug-likeness (QED) is 0.878. The Morgan fingerprint density at radius 2 is 2.10 bits per heavy atom. The third kappa shape index (κ3) is 3.10. The molecule has 2 aromatic heterocycles. The Balaban J connectivity index is 1.65. The molecule has 3 heterocycles. The second-order valence-corrected chi connectivity index (χ2v) is 5.37. The molecule has 5 nitrogen and oxygen atoms in total. The topological polar surface area (TPSA) is 62.8 Å². The van der Waals surface area contributed by atoms with Crippen LogP contribution in [0.3, 0.4) is 0 Å². The highest BCUT2D eigenvalue weighted by Crippen LogP contribution is 2.20. The molecule has 0 amide bonds. The van der Waals surface area contributed by atoms with Gasteiger partial charge >= 0.3 is 0 Å². The molecule has 0 bridgehead atoms. The van der Waals surface area contributed by atoms with Gasteiger partial charge < -0.3 is 15.0 Å². The highest BCUT2D eigenvalue weighted by Gasteiger charge is 2.14. The molecule has 0 radical (unpaired) electrons. The van der Waals surface area contributed by atoms with Crippen molar-refractivity contribution in [1.82, 2.24) is 20.3 Å². The fraction of sp³-hybridized carbons (Fsp3) is 0.600. The van der Waals surface area contributed by atoms with Crippen LogP contribution in [-0.2, 0) is 6.42 Å². The van der Waals surface area contributed by atoms with E-state index in [1.165, 1.54) is 19.3 Å². The number of hydrogen-bond donors (Lipinski definition) is 2. The average molecular weight is 274 g/mol. The van der Waals surface area contributed by atoms with Gasteiger partial charge in [-0.05, 0) is 51.3 Å². The first-order valence-corrected chi connectivity index (χ1v) is 7.54. The molecule has 0 aliphatic carbocycles. The van der Waals surface area contributed by atoms with Crippen LogP contribution < -0.4 is 10.1 Å². The average Bonchev–Trinajstić information content (AvgIpc) is 2.89. The van der Waals surface area contributed by atoms with E-state index in [2.05, 4.69) is 20.3 Å². The van der Waals surface area contributed by atoms with E-state index in [0.29, 0.717) is 12.5 Å². The number of aryl methyl sites for hydroxylation is 1. The van der Waals surface area contributed by atoms with Crippen LogP contribution in [0.1, 0.15) is 32.0 Å². The molecule has 0 aromatic carbocycles. The predicted octanol–water partition coefficient (Wildman–Crippen LogP) is 2.29. The Morgan fingerprint density at radius 1 is 1.25 bits per heavy atom. The molecule has 3 rings (SSSR count). The van der Waals surface area contributed by atoms with Gasteiger partial charge in [0.1, 0.15) is 5.82 Å². The molecule has 20 heavy (non-hydrogen) atoms. The summed E-state index contributed by atoms with van der Waals surface area (Å²) in [5.74, 6) is 2.52. The maximum atomic E-state index is 5.41. The SMILES string of the molecule is CCOc1ccc2[nH]c(CCC3CCNCC3)nc2n1. The van der Waals surface area contributed by atoms with Gasteiger partial charge in [-0.25, -0.2) is 4.98 Å². The molecule has 0 saturated carbocycles. The fourth-order valence-electron chi connectivity index (χ4n) is 2.78. The fourth-order valence-corrected chi connectivity index (χ4v) is 2.78. The third-order valence-corrected chi connectivity index (χ3v) is 3.91. The van der Waals surface area contributed by atoms with Crippen LogP contribution >= 0.6 is 0 Å². The van der Waals surface area contributed by atoms with Crippen LogP contribution in [0.5, 0.6) is 5.88 Å². The van der Waals surface area contributed by atoms with Gasteiger partial charge in [0.05, 0.1) is 12.1 Å². The number of nitrogens with zero attached hydrogens (tertiary/aromatic N) is 2. The van der Waals surface area contributed by atoms with Crippen LogP contribution in [0.15, 0.2) is 12.1 Å². The van der Waals surface area contributed by atoms with E-state index in [0.717, 1.165) is 42.4 Å². The van der Waals surface area contributed by atoms with E-state index >= 15 is 0 Å². The molecule has 1 aliphatic heterocycles. The molecule has 5 heteroatoms. The molecule has 2 N–H and O–H groups in total. The number of rotatable bonds is 5. The van der Waals surface area contributed by atoms with E-state index in [-0.39, 0.29) is 0 Å². The largest absolute Gasteiger partial charge is 0.478 e. The van der Waals surface area contributed by atoms with Gasteiger partial charge in [-0.3, -0.25) is 0 Å². The lowest BCUT2D eigenvalue weighted by atomic mass is 9.93. The number of aromatic nitrogens is 3. The van der Waals surface area contributed by atoms with Crippen molar-refractivity contribution in [2.24, 2.45) is 5.92 Å². The normalized spacial score (nSPS) is 16.6. The maximum absolute atomic E-state index is 5.41. The molecule has 0 unspecified atom stereocenters. The predicted molar refractivity (Wildman–Crippen MR) is 79.0 cm³/mol. The van der Waals surface area contributed by atoms with Crippen molar-refractivity contribution in [3.8, 4) is 5.88 Å². The summed E-state index contributed by atoms with van der Waals surface area (Å²) >= 11 is 0. The van der Waals surface area contributed by atoms with Crippen molar-refractivity contribution in [2.45, 2.75) is 32.6 Å². The van der Waals surface area contributed by atoms with E-state index < -0.39 is 0 Å². The summed E-state index contributed by atoms with van der Waals surface area (Å²) in [4.78, 5) is 12.3. The molecule has 1 fully saturated rings. The van der Waals surface area contributed by atoms with Gasteiger partial charge in [0.15, 0.2) is 5.65 Å². The monoisotopic (exact) mass is 274 g/mol. The first kappa shape index (κ1) is 13.4. The Kier molecular flexibility index (Phi) is 4.16. The minimum Gasteiger partial charge on any atom is -0.478 e. The highest BCUT2D eigenvalue weighted by atomic mass is 16.5. The second kappa shape index (κ2) is 6.22. The molecule has 0 atom stereocenters. The highest BCUT2D eigenvalue weighted by molar-refractivity contribution is 5.71. The van der Waals surface area contributed by atoms with Gasteiger partial charge in [0.2, 0.25) is 5.88 Å². The zero-order valence-electron chi connectivity index (χ0n) is 12.0. The van der Waals surface area contributed by atoms with Gasteiger partial charge in [-0.2, -0.15) is 4.98 Å². The van der Waals surface area contributed by atoms with Gasteiger partial charge in [0, 0.05) is 12.5 Å². The molecule has 1 aliphatic rings. The van der Waals surface area contributed by atoms with Crippen molar-refractivity contribution < 1.29 is 4.74 Å². The molecular weight excluding hydrogens is 252 g/mol. The summed E-state index contributed by atoms with van der Waals surface area (Å²) in [6, 6.07) is 3.88. The van der Waals surface area contributed by atoms with Crippen molar-refractivity contribution in [3.63, 3.8) is 0 Å². The van der Waals surface area contributed by atoms with E-state index in [1.807, 2.05) is 19.1 Å². The number of ether oxygens (including phenoxy) is 1. The number of aromatic amines is 1. The van der Waals surface area contributed by atoms with Crippen molar-refractivity contribution in [2.75, 3.05) is 19.7 Å². The molecule has 108 valence electrons. The van der Waals surface area contributed by atoms with Gasteiger partial charge in [0.25, 0.3) is 0 Å². The van der Waals surface area contributed by atoms with Crippen LogP contribution in [-0.4, -0.2) is 34.6 Å². The Labute approximate surface area is 119 Å². The number of imidazole rings is 1. The number of nitrogens with one attached hydrogen (secondary N) is 2. The lowest BCUT2D eigenvalue weighted by Crippen LogP contribution is -2.27. The summed E-state index contributed by atoms with van der Waals surface area (Å²) in [6.45, 7) is 4.90. The second-order valence-electron chi connectivity index (χ2n) is 5.37. The number of pyridine rings is 1. The smallest absolute Gasteiger partial charge is 0.215 e. The van der Waals surface area contributed by atoms with E-state index in [9.17, 15) is 0 Å². The standard InChI is InChI=1S/C15H22N4O/c1-2-20-14-6-4-12-15(19-14)18-13(17-12)5-3-11-7-9-16-10-8-11/h4,6,11,16H,2-3,5,7-10H2,1H3,(H,17,18,19). The number of piperidine rings is 1. The Bertz CT molecular complexity index is 560. The summed E-state index contributed by atoms with van der Waals surface area (Å²) < 4.78 is 5.41. The van der Waals surface area contributed by atoms with Crippen molar-refractivity contribution in [3.05, 3.63) is 18.0 Å². The van der Waals surface area contributed by atoms with E-state index in [4.69, 9.17) is 4.74 Å². The first-order chi connectivity index (χ1) is 9.85. The summed E-state index contributed by atoms with van der Waals surface area (Å²) in [7, 11) is 0. The molecular formula is C15H22N4O. The van der Waals surface area contributed by atoms with Crippen LogP contribution in [0.4, 0.5) is 0 Å². The first-order valence-electron chi connectivity index (χ1n) is 7.54. The van der Waals surface area contributed by atoms with Crippen molar-refractivity contribution in [1.29, 1.82) is 0 Å². The zero-order chi connectivity index (χ0) is 13.8. The van der Waals surface area contributed by atoms with Crippen LogP contribution in [0.2, 0.25) is 0 Å². The summed E-state index contributed by atoms with van der Waals surface area (Å²) in [5.41, 5.74) is 1.75. The number of hydrogen-bond acceptors (Lipinski definition) is 4. The summed E-state index contributed by atoms with van der Waals surface area (Å²) in [6.07, 6.45) is 4.78. The lowest BCUT2D eigenvalue weighted by Gasteiger charge is -2.21. The van der Waals surface area contributed by atoms with Crippen LogP contribution in [0, 0.1) is 5.92 Å². The lowest BCUT2D eigenvalue weighted by molar-refractivity contribution is 0.328. The van der Waals surface area contributed by atoms with Crippen molar-refractivity contribution >= 4 is 11.2 Å². The minimum absolute atomic E-state index is 0.630. The van der Waals surface area contributed by atoms with Gasteiger partial charge in [-0.15, -0.1) is 0 Å². The Morgan fingerprint density at radius 3 is 2.90 bits per heavy atom. The number of H-pyrrole nitrogens is 1. The molecule has 1 saturated heterocycles. The Hall–Kier alpha value is -1.62. The summed E-state index contributed by atoms with van der Waals surface area (Å²) in [5, 5.41) is 3.41. The minimum atomic E-state index is 0.630. The van der Waals surface area contributed by atoms with E-state index in [1.54, 1.807) is 0 Å². The van der Waals surface area contributed by atoms with Gasteiger partial charge in [-0.1, -0.05) is 0 Å². The van der Waals surface area contributed by atoms with Crippen LogP contribution in [0.25, 0.3) is 11.2 Å². The molecule has 0 spiro atoms. The zero-order valence-corrected chi connectivity index (χ0v) is 12.0.